The van der Waals surface area contributed by atoms with Crippen LogP contribution in [-0.2, 0) is 6.61 Å². The molecule has 0 atom stereocenters. The van der Waals surface area contributed by atoms with E-state index in [1.165, 1.54) is 30.5 Å². The zero-order chi connectivity index (χ0) is 23.8. The summed E-state index contributed by atoms with van der Waals surface area (Å²) in [6, 6.07) is 14.7. The fourth-order valence-electron chi connectivity index (χ4n) is 2.76. The molecule has 1 N–H and O–H groups in total. The van der Waals surface area contributed by atoms with Gasteiger partial charge >= 0.3 is 0 Å². The SMILES string of the molecule is CCOc1cc(/C=N\NC(=O)c2ccc(C#N)cc2F)c(Br)cc1OCc1ccc(F)cc1. The number of nitrogens with one attached hydrogen (secondary N) is 1. The first kappa shape index (κ1) is 23.9. The van der Waals surface area contributed by atoms with E-state index in [4.69, 9.17) is 14.7 Å². The van der Waals surface area contributed by atoms with Crippen LogP contribution in [0.1, 0.15) is 34.0 Å². The predicted octanol–water partition coefficient (Wildman–Crippen LogP) is 5.34. The molecule has 0 saturated carbocycles. The Hall–Kier alpha value is -3.77. The normalized spacial score (nSPS) is 10.6. The van der Waals surface area contributed by atoms with E-state index >= 15 is 0 Å². The Labute approximate surface area is 197 Å². The summed E-state index contributed by atoms with van der Waals surface area (Å²) in [5, 5.41) is 12.7. The van der Waals surface area contributed by atoms with Gasteiger partial charge in [0.05, 0.1) is 30.0 Å². The van der Waals surface area contributed by atoms with Gasteiger partial charge in [-0.25, -0.2) is 14.2 Å². The molecule has 6 nitrogen and oxygen atoms in total. The van der Waals surface area contributed by atoms with Gasteiger partial charge < -0.3 is 9.47 Å². The molecular weight excluding hydrogens is 496 g/mol. The number of halogens is 3. The maximum atomic E-state index is 14.0. The van der Waals surface area contributed by atoms with Gasteiger partial charge in [-0.3, -0.25) is 4.79 Å². The van der Waals surface area contributed by atoms with Crippen molar-refractivity contribution in [3.63, 3.8) is 0 Å². The zero-order valence-corrected chi connectivity index (χ0v) is 19.0. The lowest BCUT2D eigenvalue weighted by Gasteiger charge is -2.14. The third-order valence-electron chi connectivity index (χ3n) is 4.38. The number of hydrogen-bond donors (Lipinski definition) is 1. The lowest BCUT2D eigenvalue weighted by atomic mass is 10.1. The molecule has 168 valence electrons. The third-order valence-corrected chi connectivity index (χ3v) is 5.07. The number of ether oxygens (including phenoxy) is 2. The van der Waals surface area contributed by atoms with E-state index in [1.54, 1.807) is 30.3 Å². The van der Waals surface area contributed by atoms with Gasteiger partial charge in [0.15, 0.2) is 11.5 Å². The van der Waals surface area contributed by atoms with E-state index in [0.717, 1.165) is 11.6 Å². The minimum Gasteiger partial charge on any atom is -0.490 e. The van der Waals surface area contributed by atoms with Crippen LogP contribution in [0.25, 0.3) is 0 Å². The molecule has 33 heavy (non-hydrogen) atoms. The standard InChI is InChI=1S/C24H18BrF2N3O3/c1-2-32-22-10-17(13-29-30-24(31)19-8-5-16(12-28)9-21(19)27)20(25)11-23(22)33-14-15-3-6-18(26)7-4-15/h3-11,13H,2,14H2,1H3,(H,30,31)/b29-13-. The van der Waals surface area contributed by atoms with E-state index in [0.29, 0.717) is 28.1 Å². The number of hydrazone groups is 1. The van der Waals surface area contributed by atoms with E-state index in [9.17, 15) is 13.6 Å². The van der Waals surface area contributed by atoms with Gasteiger partial charge in [-0.05, 0) is 70.9 Å². The summed E-state index contributed by atoms with van der Waals surface area (Å²) in [7, 11) is 0. The monoisotopic (exact) mass is 513 g/mol. The number of carbonyl (C=O) groups excluding carboxylic acids is 1. The van der Waals surface area contributed by atoms with Crippen LogP contribution in [0.4, 0.5) is 8.78 Å². The van der Waals surface area contributed by atoms with Gasteiger partial charge in [0.2, 0.25) is 0 Å². The topological polar surface area (TPSA) is 83.7 Å². The molecule has 3 rings (SSSR count). The second-order valence-electron chi connectivity index (χ2n) is 6.67. The number of carbonyl (C=O) groups is 1. The van der Waals surface area contributed by atoms with Crippen molar-refractivity contribution in [3.8, 4) is 17.6 Å². The Bertz CT molecular complexity index is 1220. The number of nitriles is 1. The quantitative estimate of drug-likeness (QED) is 0.325. The Kier molecular flexibility index (Phi) is 8.11. The second kappa shape index (κ2) is 11.2. The number of rotatable bonds is 8. The van der Waals surface area contributed by atoms with Gasteiger partial charge in [0.1, 0.15) is 18.2 Å². The predicted molar refractivity (Wildman–Crippen MR) is 122 cm³/mol. The molecule has 3 aromatic rings. The maximum Gasteiger partial charge on any atom is 0.274 e. The molecule has 0 saturated heterocycles. The summed E-state index contributed by atoms with van der Waals surface area (Å²) in [6.45, 7) is 2.43. The highest BCUT2D eigenvalue weighted by atomic mass is 79.9. The Morgan fingerprint density at radius 3 is 2.52 bits per heavy atom. The Balaban J connectivity index is 1.72. The maximum absolute atomic E-state index is 14.0. The molecule has 0 spiro atoms. The summed E-state index contributed by atoms with van der Waals surface area (Å²) >= 11 is 3.43. The molecule has 0 aromatic heterocycles. The molecule has 0 aliphatic heterocycles. The van der Waals surface area contributed by atoms with Crippen LogP contribution in [-0.4, -0.2) is 18.7 Å². The first-order valence-electron chi connectivity index (χ1n) is 9.78. The van der Waals surface area contributed by atoms with E-state index in [1.807, 2.05) is 6.92 Å². The van der Waals surface area contributed by atoms with Gasteiger partial charge in [0.25, 0.3) is 5.91 Å². The third kappa shape index (κ3) is 6.37. The fraction of sp³-hybridized carbons (Fsp3) is 0.125. The molecule has 0 heterocycles. The van der Waals surface area contributed by atoms with Crippen LogP contribution in [0.3, 0.4) is 0 Å². The lowest BCUT2D eigenvalue weighted by molar-refractivity contribution is 0.0951. The van der Waals surface area contributed by atoms with Crippen molar-refractivity contribution in [1.29, 1.82) is 5.26 Å². The number of amides is 1. The largest absolute Gasteiger partial charge is 0.490 e. The minimum atomic E-state index is -0.816. The van der Waals surface area contributed by atoms with Gasteiger partial charge in [-0.15, -0.1) is 0 Å². The van der Waals surface area contributed by atoms with Crippen LogP contribution < -0.4 is 14.9 Å². The van der Waals surface area contributed by atoms with Crippen molar-refractivity contribution < 1.29 is 23.0 Å². The van der Waals surface area contributed by atoms with E-state index in [2.05, 4.69) is 26.5 Å². The first-order chi connectivity index (χ1) is 15.9. The van der Waals surface area contributed by atoms with Crippen LogP contribution in [0, 0.1) is 23.0 Å². The van der Waals surface area contributed by atoms with E-state index < -0.39 is 11.7 Å². The van der Waals surface area contributed by atoms with Crippen molar-refractivity contribution in [2.75, 3.05) is 6.61 Å². The highest BCUT2D eigenvalue weighted by molar-refractivity contribution is 9.10. The highest BCUT2D eigenvalue weighted by Gasteiger charge is 2.13. The van der Waals surface area contributed by atoms with Crippen LogP contribution in [0.5, 0.6) is 11.5 Å². The fourth-order valence-corrected chi connectivity index (χ4v) is 3.19. The van der Waals surface area contributed by atoms with Gasteiger partial charge in [-0.1, -0.05) is 12.1 Å². The second-order valence-corrected chi connectivity index (χ2v) is 7.53. The average molecular weight is 514 g/mol. The average Bonchev–Trinajstić information content (AvgIpc) is 2.80. The van der Waals surface area contributed by atoms with Crippen LogP contribution in [0.15, 0.2) is 64.2 Å². The molecule has 0 aliphatic carbocycles. The smallest absolute Gasteiger partial charge is 0.274 e. The summed E-state index contributed by atoms with van der Waals surface area (Å²) in [5.74, 6) is -0.977. The Morgan fingerprint density at radius 2 is 1.85 bits per heavy atom. The van der Waals surface area contributed by atoms with Crippen molar-refractivity contribution >= 4 is 28.1 Å². The lowest BCUT2D eigenvalue weighted by Crippen LogP contribution is -2.19. The molecule has 0 unspecified atom stereocenters. The summed E-state index contributed by atoms with van der Waals surface area (Å²) in [4.78, 5) is 12.2. The molecule has 9 heteroatoms. The molecule has 0 bridgehead atoms. The van der Waals surface area contributed by atoms with Crippen LogP contribution >= 0.6 is 15.9 Å². The van der Waals surface area contributed by atoms with Gasteiger partial charge in [0, 0.05) is 10.0 Å². The summed E-state index contributed by atoms with van der Waals surface area (Å²) in [5.41, 5.74) is 3.50. The van der Waals surface area contributed by atoms with Crippen molar-refractivity contribution in [2.45, 2.75) is 13.5 Å². The number of benzene rings is 3. The summed E-state index contributed by atoms with van der Waals surface area (Å²) in [6.07, 6.45) is 1.37. The molecular formula is C24H18BrF2N3O3. The van der Waals surface area contributed by atoms with Crippen molar-refractivity contribution in [2.24, 2.45) is 5.10 Å². The van der Waals surface area contributed by atoms with Gasteiger partial charge in [-0.2, -0.15) is 10.4 Å². The zero-order valence-electron chi connectivity index (χ0n) is 17.4. The van der Waals surface area contributed by atoms with Crippen LogP contribution in [0.2, 0.25) is 0 Å². The first-order valence-corrected chi connectivity index (χ1v) is 10.6. The molecule has 1 amide bonds. The molecule has 0 fully saturated rings. The minimum absolute atomic E-state index is 0.113. The molecule has 0 aliphatic rings. The number of hydrogen-bond acceptors (Lipinski definition) is 5. The molecule has 3 aromatic carbocycles. The Morgan fingerprint density at radius 1 is 1.12 bits per heavy atom. The van der Waals surface area contributed by atoms with E-state index in [-0.39, 0.29) is 23.6 Å². The molecule has 0 radical (unpaired) electrons. The number of nitrogens with zero attached hydrogens (tertiary/aromatic N) is 2. The summed E-state index contributed by atoms with van der Waals surface area (Å²) < 4.78 is 39.1. The van der Waals surface area contributed by atoms with Crippen molar-refractivity contribution in [1.82, 2.24) is 5.43 Å². The van der Waals surface area contributed by atoms with Crippen molar-refractivity contribution in [3.05, 3.63) is 93.0 Å². The highest BCUT2D eigenvalue weighted by Crippen LogP contribution is 2.34.